The number of carbonyl (C=O) groups excluding carboxylic acids is 2. The van der Waals surface area contributed by atoms with Crippen molar-refractivity contribution in [3.8, 4) is 0 Å². The highest BCUT2D eigenvalue weighted by atomic mass is 79.9. The molecule has 1 saturated heterocycles. The molecule has 2 aromatic carbocycles. The third kappa shape index (κ3) is 5.16. The molecule has 154 valence electrons. The van der Waals surface area contributed by atoms with Gasteiger partial charge in [-0.15, -0.1) is 0 Å². The van der Waals surface area contributed by atoms with E-state index in [1.807, 2.05) is 24.3 Å². The molecule has 0 radical (unpaired) electrons. The van der Waals surface area contributed by atoms with Crippen LogP contribution in [-0.2, 0) is 4.74 Å². The number of esters is 1. The molecule has 29 heavy (non-hydrogen) atoms. The summed E-state index contributed by atoms with van der Waals surface area (Å²) in [6, 6.07) is 12.6. The first kappa shape index (κ1) is 21.3. The van der Waals surface area contributed by atoms with Gasteiger partial charge in [-0.25, -0.2) is 4.79 Å². The predicted molar refractivity (Wildman–Crippen MR) is 119 cm³/mol. The molecule has 0 bridgehead atoms. The Hall–Kier alpha value is -2.38. The normalized spacial score (nSPS) is 14.5. The fourth-order valence-electron chi connectivity index (χ4n) is 3.39. The number of halogens is 1. The Morgan fingerprint density at radius 2 is 1.79 bits per heavy atom. The second-order valence-corrected chi connectivity index (χ2v) is 7.66. The largest absolute Gasteiger partial charge is 0.462 e. The quantitative estimate of drug-likeness (QED) is 0.660. The summed E-state index contributed by atoms with van der Waals surface area (Å²) in [5, 5.41) is 3.00. The van der Waals surface area contributed by atoms with Crippen LogP contribution in [0.1, 0.15) is 34.6 Å². The maximum Gasteiger partial charge on any atom is 0.338 e. The summed E-state index contributed by atoms with van der Waals surface area (Å²) in [6.07, 6.45) is 0. The topological polar surface area (TPSA) is 61.9 Å². The lowest BCUT2D eigenvalue weighted by molar-refractivity contribution is 0.0526. The van der Waals surface area contributed by atoms with Gasteiger partial charge in [-0.2, -0.15) is 0 Å². The van der Waals surface area contributed by atoms with Crippen molar-refractivity contribution in [1.82, 2.24) is 4.90 Å². The van der Waals surface area contributed by atoms with Crippen LogP contribution in [0.3, 0.4) is 0 Å². The first-order chi connectivity index (χ1) is 14.0. The molecule has 0 aliphatic carbocycles. The number of ether oxygens (including phenoxy) is 1. The highest BCUT2D eigenvalue weighted by Crippen LogP contribution is 2.30. The SMILES string of the molecule is CCOC(=O)c1ccc(N2CCN(CC)CC2)c(NC(=O)c2ccccc2Br)c1. The van der Waals surface area contributed by atoms with Crippen LogP contribution < -0.4 is 10.2 Å². The van der Waals surface area contributed by atoms with E-state index in [0.717, 1.165) is 42.9 Å². The molecule has 0 atom stereocenters. The number of piperazine rings is 1. The van der Waals surface area contributed by atoms with Crippen molar-refractivity contribution < 1.29 is 14.3 Å². The molecule has 1 aliphatic rings. The van der Waals surface area contributed by atoms with Crippen LogP contribution in [0.25, 0.3) is 0 Å². The number of nitrogens with one attached hydrogen (secondary N) is 1. The molecule has 0 aromatic heterocycles. The van der Waals surface area contributed by atoms with Crippen molar-refractivity contribution in [2.75, 3.05) is 49.5 Å². The van der Waals surface area contributed by atoms with Crippen molar-refractivity contribution in [3.63, 3.8) is 0 Å². The molecule has 6 nitrogen and oxygen atoms in total. The number of carbonyl (C=O) groups is 2. The van der Waals surface area contributed by atoms with Gasteiger partial charge in [0, 0.05) is 30.7 Å². The summed E-state index contributed by atoms with van der Waals surface area (Å²) in [4.78, 5) is 29.7. The molecular formula is C22H26BrN3O3. The molecule has 1 N–H and O–H groups in total. The third-order valence-corrected chi connectivity index (χ3v) is 5.73. The van der Waals surface area contributed by atoms with Gasteiger partial charge in [0.25, 0.3) is 5.91 Å². The van der Waals surface area contributed by atoms with Gasteiger partial charge in [-0.05, 0) is 59.7 Å². The van der Waals surface area contributed by atoms with E-state index in [4.69, 9.17) is 4.74 Å². The lowest BCUT2D eigenvalue weighted by Gasteiger charge is -2.36. The second kappa shape index (κ2) is 9.89. The minimum Gasteiger partial charge on any atom is -0.462 e. The Morgan fingerprint density at radius 1 is 1.07 bits per heavy atom. The molecule has 7 heteroatoms. The summed E-state index contributed by atoms with van der Waals surface area (Å²) in [5.41, 5.74) is 2.48. The van der Waals surface area contributed by atoms with E-state index in [-0.39, 0.29) is 5.91 Å². The lowest BCUT2D eigenvalue weighted by atomic mass is 10.1. The van der Waals surface area contributed by atoms with E-state index in [1.54, 1.807) is 25.1 Å². The van der Waals surface area contributed by atoms with Crippen LogP contribution in [-0.4, -0.2) is 56.1 Å². The maximum absolute atomic E-state index is 12.9. The number of hydrogen-bond donors (Lipinski definition) is 1. The molecule has 0 saturated carbocycles. The first-order valence-corrected chi connectivity index (χ1v) is 10.7. The molecule has 3 rings (SSSR count). The molecule has 1 fully saturated rings. The Balaban J connectivity index is 1.90. The zero-order valence-electron chi connectivity index (χ0n) is 16.8. The van der Waals surface area contributed by atoms with Crippen LogP contribution in [0.5, 0.6) is 0 Å². The fraction of sp³-hybridized carbons (Fsp3) is 0.364. The van der Waals surface area contributed by atoms with Gasteiger partial charge in [-0.3, -0.25) is 4.79 Å². The molecule has 1 aliphatic heterocycles. The number of rotatable bonds is 6. The van der Waals surface area contributed by atoms with E-state index >= 15 is 0 Å². The molecule has 1 heterocycles. The summed E-state index contributed by atoms with van der Waals surface area (Å²) in [5.74, 6) is -0.627. The van der Waals surface area contributed by atoms with E-state index < -0.39 is 5.97 Å². The predicted octanol–water partition coefficient (Wildman–Crippen LogP) is 4.02. The van der Waals surface area contributed by atoms with Crippen molar-refractivity contribution >= 4 is 39.2 Å². The number of nitrogens with zero attached hydrogens (tertiary/aromatic N) is 2. The summed E-state index contributed by atoms with van der Waals surface area (Å²) in [6.45, 7) is 8.93. The van der Waals surface area contributed by atoms with Gasteiger partial charge in [0.05, 0.1) is 29.1 Å². The third-order valence-electron chi connectivity index (χ3n) is 5.03. The Labute approximate surface area is 180 Å². The molecule has 1 amide bonds. The van der Waals surface area contributed by atoms with Gasteiger partial charge >= 0.3 is 5.97 Å². The van der Waals surface area contributed by atoms with E-state index in [0.29, 0.717) is 23.4 Å². The number of anilines is 2. The van der Waals surface area contributed by atoms with Crippen molar-refractivity contribution in [2.24, 2.45) is 0 Å². The lowest BCUT2D eigenvalue weighted by Crippen LogP contribution is -2.46. The average Bonchev–Trinajstić information content (AvgIpc) is 2.74. The van der Waals surface area contributed by atoms with Crippen LogP contribution in [0.2, 0.25) is 0 Å². The minimum absolute atomic E-state index is 0.230. The highest BCUT2D eigenvalue weighted by molar-refractivity contribution is 9.10. The van der Waals surface area contributed by atoms with Crippen LogP contribution in [0, 0.1) is 0 Å². The van der Waals surface area contributed by atoms with Crippen LogP contribution in [0.4, 0.5) is 11.4 Å². The van der Waals surface area contributed by atoms with Crippen LogP contribution >= 0.6 is 15.9 Å². The summed E-state index contributed by atoms with van der Waals surface area (Å²) >= 11 is 3.43. The Bertz CT molecular complexity index is 879. The van der Waals surface area contributed by atoms with Gasteiger partial charge in [0.1, 0.15) is 0 Å². The average molecular weight is 460 g/mol. The van der Waals surface area contributed by atoms with E-state index in [1.165, 1.54) is 0 Å². The maximum atomic E-state index is 12.9. The zero-order valence-corrected chi connectivity index (χ0v) is 18.4. The standard InChI is InChI=1S/C22H26BrN3O3/c1-3-25-11-13-26(14-12-25)20-10-9-16(22(28)29-4-2)15-19(20)24-21(27)17-7-5-6-8-18(17)23/h5-10,15H,3-4,11-14H2,1-2H3,(H,24,27). The van der Waals surface area contributed by atoms with Gasteiger partial charge in [-0.1, -0.05) is 19.1 Å². The first-order valence-electron chi connectivity index (χ1n) is 9.87. The number of hydrogen-bond acceptors (Lipinski definition) is 5. The molecule has 2 aromatic rings. The highest BCUT2D eigenvalue weighted by Gasteiger charge is 2.21. The van der Waals surface area contributed by atoms with Crippen molar-refractivity contribution in [1.29, 1.82) is 0 Å². The number of benzene rings is 2. The fourth-order valence-corrected chi connectivity index (χ4v) is 3.86. The zero-order chi connectivity index (χ0) is 20.8. The van der Waals surface area contributed by atoms with Gasteiger partial charge in [0.2, 0.25) is 0 Å². The monoisotopic (exact) mass is 459 g/mol. The molecule has 0 spiro atoms. The molecular weight excluding hydrogens is 434 g/mol. The second-order valence-electron chi connectivity index (χ2n) is 6.81. The van der Waals surface area contributed by atoms with E-state index in [2.05, 4.69) is 38.0 Å². The van der Waals surface area contributed by atoms with Crippen molar-refractivity contribution in [2.45, 2.75) is 13.8 Å². The van der Waals surface area contributed by atoms with Crippen LogP contribution in [0.15, 0.2) is 46.9 Å². The number of likely N-dealkylation sites (N-methyl/N-ethyl adjacent to an activating group) is 1. The minimum atomic E-state index is -0.397. The Kier molecular flexibility index (Phi) is 7.28. The smallest absolute Gasteiger partial charge is 0.338 e. The molecule has 0 unspecified atom stereocenters. The van der Waals surface area contributed by atoms with Crippen molar-refractivity contribution in [3.05, 3.63) is 58.1 Å². The summed E-state index contributed by atoms with van der Waals surface area (Å²) in [7, 11) is 0. The van der Waals surface area contributed by atoms with Gasteiger partial charge in [0.15, 0.2) is 0 Å². The summed E-state index contributed by atoms with van der Waals surface area (Å²) < 4.78 is 5.85. The van der Waals surface area contributed by atoms with Gasteiger partial charge < -0.3 is 19.9 Å². The number of amides is 1. The Morgan fingerprint density at radius 3 is 2.45 bits per heavy atom. The van der Waals surface area contributed by atoms with E-state index in [9.17, 15) is 9.59 Å².